The average molecular weight is 298 g/mol. The number of carbonyl (C=O) groups excluding carboxylic acids is 1. The van der Waals surface area contributed by atoms with E-state index in [4.69, 9.17) is 0 Å². The molecule has 1 aliphatic rings. The van der Waals surface area contributed by atoms with Crippen molar-refractivity contribution in [3.8, 4) is 5.69 Å². The molecule has 1 aliphatic heterocycles. The predicted molar refractivity (Wildman–Crippen MR) is 85.7 cm³/mol. The highest BCUT2D eigenvalue weighted by molar-refractivity contribution is 5.81. The van der Waals surface area contributed by atoms with Crippen molar-refractivity contribution in [3.63, 3.8) is 0 Å². The molecule has 3 rings (SSSR count). The molecule has 0 spiro atoms. The van der Waals surface area contributed by atoms with Gasteiger partial charge in [0.2, 0.25) is 5.91 Å². The number of hydrogen-bond donors (Lipinski definition) is 1. The smallest absolute Gasteiger partial charge is 0.239 e. The van der Waals surface area contributed by atoms with Crippen molar-refractivity contribution in [1.29, 1.82) is 0 Å². The van der Waals surface area contributed by atoms with Gasteiger partial charge in [-0.15, -0.1) is 0 Å². The molecule has 1 atom stereocenters. The Labute approximate surface area is 130 Å². The summed E-state index contributed by atoms with van der Waals surface area (Å²) in [4.78, 5) is 14.2. The zero-order valence-corrected chi connectivity index (χ0v) is 12.9. The molecule has 0 radical (unpaired) electrons. The molecule has 5 heteroatoms. The van der Waals surface area contributed by atoms with E-state index in [1.807, 2.05) is 54.5 Å². The zero-order valence-electron chi connectivity index (χ0n) is 12.9. The average Bonchev–Trinajstić information content (AvgIpc) is 3.04. The molecule has 22 heavy (non-hydrogen) atoms. The van der Waals surface area contributed by atoms with Crippen LogP contribution < -0.4 is 5.32 Å². The summed E-state index contributed by atoms with van der Waals surface area (Å²) in [6.07, 6.45) is 7.03. The lowest BCUT2D eigenvalue weighted by molar-refractivity contribution is -0.133. The van der Waals surface area contributed by atoms with E-state index in [0.717, 1.165) is 37.1 Å². The largest absolute Gasteiger partial charge is 0.340 e. The topological polar surface area (TPSA) is 50.2 Å². The molecule has 0 aliphatic carbocycles. The molecular formula is C17H22N4O. The number of piperidine rings is 1. The van der Waals surface area contributed by atoms with Crippen molar-refractivity contribution in [2.45, 2.75) is 31.8 Å². The van der Waals surface area contributed by atoms with Crippen LogP contribution in [0.1, 0.15) is 24.8 Å². The Morgan fingerprint density at radius 3 is 2.91 bits per heavy atom. The minimum absolute atomic E-state index is 0.0251. The van der Waals surface area contributed by atoms with Crippen molar-refractivity contribution in [1.82, 2.24) is 20.0 Å². The fourth-order valence-corrected chi connectivity index (χ4v) is 2.84. The van der Waals surface area contributed by atoms with Crippen LogP contribution in [0.2, 0.25) is 0 Å². The van der Waals surface area contributed by atoms with E-state index >= 15 is 0 Å². The lowest BCUT2D eigenvalue weighted by atomic mass is 10.0. The highest BCUT2D eigenvalue weighted by atomic mass is 16.2. The fourth-order valence-electron chi connectivity index (χ4n) is 2.84. The van der Waals surface area contributed by atoms with Crippen molar-refractivity contribution < 1.29 is 4.79 Å². The Morgan fingerprint density at radius 2 is 2.18 bits per heavy atom. The van der Waals surface area contributed by atoms with E-state index in [-0.39, 0.29) is 11.9 Å². The van der Waals surface area contributed by atoms with Crippen molar-refractivity contribution in [3.05, 3.63) is 48.3 Å². The first-order valence-electron chi connectivity index (χ1n) is 7.81. The lowest BCUT2D eigenvalue weighted by Crippen LogP contribution is -2.46. The molecule has 2 heterocycles. The molecular weight excluding hydrogens is 276 g/mol. The van der Waals surface area contributed by atoms with Crippen LogP contribution in [0, 0.1) is 0 Å². The van der Waals surface area contributed by atoms with Gasteiger partial charge in [0, 0.05) is 25.4 Å². The maximum atomic E-state index is 12.4. The van der Waals surface area contributed by atoms with Gasteiger partial charge in [0.05, 0.1) is 17.9 Å². The van der Waals surface area contributed by atoms with E-state index in [0.29, 0.717) is 6.54 Å². The van der Waals surface area contributed by atoms with E-state index in [9.17, 15) is 4.79 Å². The number of para-hydroxylation sites is 1. The summed E-state index contributed by atoms with van der Waals surface area (Å²) in [6, 6.07) is 9.96. The maximum Gasteiger partial charge on any atom is 0.239 e. The molecule has 1 N–H and O–H groups in total. The quantitative estimate of drug-likeness (QED) is 0.939. The van der Waals surface area contributed by atoms with Gasteiger partial charge >= 0.3 is 0 Å². The van der Waals surface area contributed by atoms with E-state index < -0.39 is 0 Å². The Balaban J connectivity index is 1.63. The first-order valence-corrected chi connectivity index (χ1v) is 7.81. The molecule has 1 aromatic carbocycles. The van der Waals surface area contributed by atoms with Gasteiger partial charge in [-0.3, -0.25) is 4.79 Å². The third kappa shape index (κ3) is 3.36. The minimum Gasteiger partial charge on any atom is -0.340 e. The third-order valence-electron chi connectivity index (χ3n) is 4.06. The lowest BCUT2D eigenvalue weighted by Gasteiger charge is -2.27. The molecule has 0 bridgehead atoms. The molecule has 5 nitrogen and oxygen atoms in total. The predicted octanol–water partition coefficient (Wildman–Crippen LogP) is 1.97. The zero-order chi connectivity index (χ0) is 15.4. The van der Waals surface area contributed by atoms with E-state index in [1.54, 1.807) is 4.90 Å². The van der Waals surface area contributed by atoms with Gasteiger partial charge in [0.1, 0.15) is 0 Å². The van der Waals surface area contributed by atoms with Crippen molar-refractivity contribution in [2.75, 3.05) is 13.6 Å². The van der Waals surface area contributed by atoms with Crippen LogP contribution in [0.3, 0.4) is 0 Å². The number of aromatic nitrogens is 2. The van der Waals surface area contributed by atoms with Crippen molar-refractivity contribution in [2.24, 2.45) is 0 Å². The monoisotopic (exact) mass is 298 g/mol. The second-order valence-corrected chi connectivity index (χ2v) is 5.83. The third-order valence-corrected chi connectivity index (χ3v) is 4.06. The molecule has 1 amide bonds. The summed E-state index contributed by atoms with van der Waals surface area (Å²) >= 11 is 0. The van der Waals surface area contributed by atoms with Gasteiger partial charge in [-0.05, 0) is 31.5 Å². The van der Waals surface area contributed by atoms with Gasteiger partial charge in [0.25, 0.3) is 0 Å². The van der Waals surface area contributed by atoms with Crippen molar-refractivity contribution >= 4 is 5.91 Å². The molecule has 0 saturated carbocycles. The molecule has 2 aromatic rings. The minimum atomic E-state index is -0.0251. The summed E-state index contributed by atoms with van der Waals surface area (Å²) in [6.45, 7) is 1.53. The van der Waals surface area contributed by atoms with Gasteiger partial charge < -0.3 is 10.2 Å². The number of likely N-dealkylation sites (N-methyl/N-ethyl adjacent to an activating group) is 1. The number of benzene rings is 1. The molecule has 1 aromatic heterocycles. The molecule has 1 unspecified atom stereocenters. The van der Waals surface area contributed by atoms with Crippen LogP contribution >= 0.6 is 0 Å². The van der Waals surface area contributed by atoms with Crippen LogP contribution in [0.4, 0.5) is 0 Å². The highest BCUT2D eigenvalue weighted by Gasteiger charge is 2.23. The van der Waals surface area contributed by atoms with Crippen LogP contribution in [0.25, 0.3) is 5.69 Å². The van der Waals surface area contributed by atoms with Gasteiger partial charge in [-0.25, -0.2) is 4.68 Å². The number of rotatable bonds is 4. The summed E-state index contributed by atoms with van der Waals surface area (Å²) in [5.41, 5.74) is 2.06. The van der Waals surface area contributed by atoms with Gasteiger partial charge in [0.15, 0.2) is 0 Å². The van der Waals surface area contributed by atoms with Gasteiger partial charge in [-0.2, -0.15) is 5.10 Å². The Hall–Kier alpha value is -2.14. The summed E-state index contributed by atoms with van der Waals surface area (Å²) < 4.78 is 1.84. The van der Waals surface area contributed by atoms with Crippen LogP contribution in [0.5, 0.6) is 0 Å². The second-order valence-electron chi connectivity index (χ2n) is 5.83. The SMILES string of the molecule is CN(Cc1cnn(-c2ccccc2)c1)C(=O)C1CCCCN1. The summed E-state index contributed by atoms with van der Waals surface area (Å²) in [5.74, 6) is 0.173. The maximum absolute atomic E-state index is 12.4. The Bertz CT molecular complexity index is 617. The molecule has 1 fully saturated rings. The molecule has 1 saturated heterocycles. The summed E-state index contributed by atoms with van der Waals surface area (Å²) in [5, 5.41) is 7.68. The summed E-state index contributed by atoms with van der Waals surface area (Å²) in [7, 11) is 1.86. The second kappa shape index (κ2) is 6.75. The van der Waals surface area contributed by atoms with Gasteiger partial charge in [-0.1, -0.05) is 24.6 Å². The standard InChI is InChI=1S/C17H22N4O/c1-20(17(22)16-9-5-6-10-18-16)12-14-11-19-21(13-14)15-7-3-2-4-8-15/h2-4,7-8,11,13,16,18H,5-6,9-10,12H2,1H3. The number of amides is 1. The van der Waals surface area contributed by atoms with Crippen LogP contribution in [-0.2, 0) is 11.3 Å². The Morgan fingerprint density at radius 1 is 1.36 bits per heavy atom. The number of nitrogens with one attached hydrogen (secondary N) is 1. The highest BCUT2D eigenvalue weighted by Crippen LogP contribution is 2.12. The first kappa shape index (κ1) is 14.8. The Kier molecular flexibility index (Phi) is 4.53. The van der Waals surface area contributed by atoms with E-state index in [2.05, 4.69) is 10.4 Å². The number of hydrogen-bond acceptors (Lipinski definition) is 3. The van der Waals surface area contributed by atoms with E-state index in [1.165, 1.54) is 0 Å². The normalized spacial score (nSPS) is 18.1. The molecule has 116 valence electrons. The fraction of sp³-hybridized carbons (Fsp3) is 0.412. The number of nitrogens with zero attached hydrogens (tertiary/aromatic N) is 3. The van der Waals surface area contributed by atoms with Crippen LogP contribution in [-0.4, -0.2) is 40.2 Å². The van der Waals surface area contributed by atoms with Crippen LogP contribution in [0.15, 0.2) is 42.7 Å². The first-order chi connectivity index (χ1) is 10.7. The number of carbonyl (C=O) groups is 1.